The van der Waals surface area contributed by atoms with Gasteiger partial charge in [-0.3, -0.25) is 4.79 Å². The highest BCUT2D eigenvalue weighted by Crippen LogP contribution is 2.18. The van der Waals surface area contributed by atoms with Gasteiger partial charge in [-0.25, -0.2) is 0 Å². The van der Waals surface area contributed by atoms with Crippen LogP contribution < -0.4 is 5.73 Å². The summed E-state index contributed by atoms with van der Waals surface area (Å²) < 4.78 is 1.96. The highest BCUT2D eigenvalue weighted by Gasteiger charge is 2.36. The number of nitrogens with two attached hydrogens (primary N) is 1. The SMILES string of the molecule is C[Si](C)(C)N(C(N)=O)[Si](C)(C)C. The number of urea groups is 1. The van der Waals surface area contributed by atoms with E-state index in [0.717, 1.165) is 0 Å². The van der Waals surface area contributed by atoms with Crippen molar-refractivity contribution in [2.45, 2.75) is 39.3 Å². The molecule has 0 unspecified atom stereocenters. The third-order valence-corrected chi connectivity index (χ3v) is 8.71. The number of rotatable bonds is 2. The molecule has 0 heterocycles. The molecule has 0 aliphatic carbocycles. The molecular formula is C7H20N2OSi2. The highest BCUT2D eigenvalue weighted by molar-refractivity contribution is 6.92. The number of amides is 2. The molecule has 0 fully saturated rings. The van der Waals surface area contributed by atoms with E-state index >= 15 is 0 Å². The first-order chi connectivity index (χ1) is 5.07. The van der Waals surface area contributed by atoms with Crippen molar-refractivity contribution in [3.05, 3.63) is 0 Å². The van der Waals surface area contributed by atoms with Gasteiger partial charge < -0.3 is 9.96 Å². The molecule has 0 bridgehead atoms. The summed E-state index contributed by atoms with van der Waals surface area (Å²) in [4.78, 5) is 11.2. The Morgan fingerprint density at radius 2 is 1.25 bits per heavy atom. The first-order valence-corrected chi connectivity index (χ1v) is 11.1. The maximum Gasteiger partial charge on any atom is 0.298 e. The third-order valence-electron chi connectivity index (χ3n) is 1.56. The molecule has 3 nitrogen and oxygen atoms in total. The fourth-order valence-corrected chi connectivity index (χ4v) is 11.0. The number of carbonyl (C=O) groups excluding carboxylic acids is 1. The number of hydrogen-bond acceptors (Lipinski definition) is 1. The number of primary amides is 1. The average Bonchev–Trinajstić information content (AvgIpc) is 1.49. The second-order valence-corrected chi connectivity index (χ2v) is 15.0. The summed E-state index contributed by atoms with van der Waals surface area (Å²) in [6, 6.07) is -0.242. The van der Waals surface area contributed by atoms with Crippen LogP contribution >= 0.6 is 0 Å². The molecule has 5 heteroatoms. The molecule has 0 aliphatic heterocycles. The van der Waals surface area contributed by atoms with Gasteiger partial charge in [0.1, 0.15) is 16.5 Å². The lowest BCUT2D eigenvalue weighted by atomic mass is 11.2. The van der Waals surface area contributed by atoms with Crippen molar-refractivity contribution in [3.8, 4) is 0 Å². The zero-order chi connectivity index (χ0) is 10.2. The molecule has 0 rings (SSSR count). The van der Waals surface area contributed by atoms with Crippen LogP contribution in [0.4, 0.5) is 4.79 Å². The molecule has 0 spiro atoms. The molecule has 0 aromatic carbocycles. The summed E-state index contributed by atoms with van der Waals surface area (Å²) in [7, 11) is -3.13. The number of hydrogen-bond donors (Lipinski definition) is 1. The summed E-state index contributed by atoms with van der Waals surface area (Å²) in [5.74, 6) is 0. The molecule has 2 N–H and O–H groups in total. The van der Waals surface area contributed by atoms with Gasteiger partial charge in [-0.15, -0.1) is 0 Å². The fraction of sp³-hybridized carbons (Fsp3) is 0.857. The smallest absolute Gasteiger partial charge is 0.298 e. The lowest BCUT2D eigenvalue weighted by molar-refractivity contribution is 0.242. The molecule has 0 aliphatic rings. The maximum atomic E-state index is 11.2. The molecule has 2 amide bonds. The quantitative estimate of drug-likeness (QED) is 0.688. The van der Waals surface area contributed by atoms with E-state index in [1.165, 1.54) is 0 Å². The van der Waals surface area contributed by atoms with Gasteiger partial charge in [0.15, 0.2) is 0 Å². The van der Waals surface area contributed by atoms with Gasteiger partial charge in [-0.2, -0.15) is 0 Å². The van der Waals surface area contributed by atoms with Crippen molar-refractivity contribution >= 4 is 22.5 Å². The van der Waals surface area contributed by atoms with Crippen LogP contribution in [0.15, 0.2) is 0 Å². The van der Waals surface area contributed by atoms with Crippen molar-refractivity contribution in [2.24, 2.45) is 5.73 Å². The molecular weight excluding hydrogens is 184 g/mol. The van der Waals surface area contributed by atoms with Crippen LogP contribution in [0, 0.1) is 0 Å². The van der Waals surface area contributed by atoms with Gasteiger partial charge in [-0.05, 0) is 0 Å². The van der Waals surface area contributed by atoms with Crippen LogP contribution in [0.1, 0.15) is 0 Å². The van der Waals surface area contributed by atoms with E-state index in [9.17, 15) is 4.79 Å². The van der Waals surface area contributed by atoms with Crippen LogP contribution in [0.25, 0.3) is 0 Å². The monoisotopic (exact) mass is 204 g/mol. The average molecular weight is 204 g/mol. The summed E-state index contributed by atoms with van der Waals surface area (Å²) in [6.45, 7) is 12.9. The van der Waals surface area contributed by atoms with Crippen LogP contribution in [-0.2, 0) is 0 Å². The van der Waals surface area contributed by atoms with Crippen molar-refractivity contribution in [1.29, 1.82) is 0 Å². The van der Waals surface area contributed by atoms with Gasteiger partial charge in [0.25, 0.3) is 6.03 Å². The number of nitrogens with zero attached hydrogens (tertiary/aromatic N) is 1. The normalized spacial score (nSPS) is 12.8. The van der Waals surface area contributed by atoms with E-state index in [2.05, 4.69) is 39.3 Å². The van der Waals surface area contributed by atoms with E-state index in [4.69, 9.17) is 5.73 Å². The highest BCUT2D eigenvalue weighted by atomic mass is 28.4. The van der Waals surface area contributed by atoms with Crippen molar-refractivity contribution < 1.29 is 4.79 Å². The molecule has 0 saturated heterocycles. The Morgan fingerprint density at radius 3 is 1.25 bits per heavy atom. The molecule has 72 valence electrons. The Hall–Kier alpha value is -0.296. The summed E-state index contributed by atoms with van der Waals surface area (Å²) in [6.07, 6.45) is 0. The van der Waals surface area contributed by atoms with Crippen LogP contribution in [0.5, 0.6) is 0 Å². The lowest BCUT2D eigenvalue weighted by Crippen LogP contribution is -2.63. The summed E-state index contributed by atoms with van der Waals surface area (Å²) in [5, 5.41) is 0. The zero-order valence-corrected chi connectivity index (χ0v) is 10.9. The maximum absolute atomic E-state index is 11.2. The van der Waals surface area contributed by atoms with E-state index in [1.54, 1.807) is 0 Å². The Kier molecular flexibility index (Phi) is 3.14. The first-order valence-electron chi connectivity index (χ1n) is 4.16. The minimum Gasteiger partial charge on any atom is -0.379 e. The predicted octanol–water partition coefficient (Wildman–Crippen LogP) is 2.04. The second-order valence-electron chi connectivity index (χ2n) is 5.02. The molecule has 0 saturated carbocycles. The molecule has 0 aromatic rings. The second kappa shape index (κ2) is 3.22. The Morgan fingerprint density at radius 1 is 1.00 bits per heavy atom. The van der Waals surface area contributed by atoms with Crippen LogP contribution in [0.3, 0.4) is 0 Å². The third kappa shape index (κ3) is 2.98. The Bertz CT molecular complexity index is 167. The van der Waals surface area contributed by atoms with E-state index in [-0.39, 0.29) is 6.03 Å². The van der Waals surface area contributed by atoms with Gasteiger partial charge >= 0.3 is 0 Å². The van der Waals surface area contributed by atoms with E-state index < -0.39 is 16.5 Å². The Balaban J connectivity index is 4.82. The Labute approximate surface area is 77.1 Å². The van der Waals surface area contributed by atoms with Gasteiger partial charge in [-0.1, -0.05) is 39.3 Å². The summed E-state index contributed by atoms with van der Waals surface area (Å²) in [5.41, 5.74) is 5.37. The topological polar surface area (TPSA) is 46.3 Å². The standard InChI is InChI=1S/C7H20N2OSi2/c1-11(2,3)9(7(8)10)12(4,5)6/h1-6H3,(H2,8,10). The first kappa shape index (κ1) is 11.7. The zero-order valence-electron chi connectivity index (χ0n) is 8.93. The van der Waals surface area contributed by atoms with Crippen molar-refractivity contribution in [1.82, 2.24) is 4.23 Å². The molecule has 0 aromatic heterocycles. The van der Waals surface area contributed by atoms with Crippen LogP contribution in [0.2, 0.25) is 39.3 Å². The van der Waals surface area contributed by atoms with Crippen LogP contribution in [-0.4, -0.2) is 26.7 Å². The summed E-state index contributed by atoms with van der Waals surface area (Å²) >= 11 is 0. The minimum absolute atomic E-state index is 0.242. The molecule has 12 heavy (non-hydrogen) atoms. The predicted molar refractivity (Wildman–Crippen MR) is 58.1 cm³/mol. The minimum atomic E-state index is -1.56. The lowest BCUT2D eigenvalue weighted by Gasteiger charge is -2.42. The van der Waals surface area contributed by atoms with Crippen molar-refractivity contribution in [3.63, 3.8) is 0 Å². The van der Waals surface area contributed by atoms with E-state index in [1.807, 2.05) is 4.23 Å². The largest absolute Gasteiger partial charge is 0.379 e. The van der Waals surface area contributed by atoms with Crippen molar-refractivity contribution in [2.75, 3.05) is 0 Å². The molecule has 0 radical (unpaired) electrons. The van der Waals surface area contributed by atoms with Gasteiger partial charge in [0.2, 0.25) is 0 Å². The fourth-order valence-electron chi connectivity index (χ4n) is 1.67. The number of carbonyl (C=O) groups is 1. The van der Waals surface area contributed by atoms with Gasteiger partial charge in [0, 0.05) is 0 Å². The van der Waals surface area contributed by atoms with Gasteiger partial charge in [0.05, 0.1) is 0 Å². The van der Waals surface area contributed by atoms with E-state index in [0.29, 0.717) is 0 Å². The molecule has 0 atom stereocenters.